The summed E-state index contributed by atoms with van der Waals surface area (Å²) in [5, 5.41) is 62.3. The van der Waals surface area contributed by atoms with Crippen LogP contribution in [0.15, 0.2) is 28.7 Å². The number of carbonyl (C=O) groups excluding carboxylic acids is 4. The molecule has 3 atom stereocenters. The van der Waals surface area contributed by atoms with Crippen LogP contribution in [-0.4, -0.2) is 211 Å². The van der Waals surface area contributed by atoms with Gasteiger partial charge in [0.05, 0.1) is 19.6 Å². The Labute approximate surface area is 409 Å². The van der Waals surface area contributed by atoms with E-state index >= 15 is 0 Å². The van der Waals surface area contributed by atoms with Crippen LogP contribution in [0.2, 0.25) is 0 Å². The number of rotatable bonds is 31. The molecular weight excluding hydrogens is 974 g/mol. The van der Waals surface area contributed by atoms with E-state index in [2.05, 4.69) is 26.6 Å². The van der Waals surface area contributed by atoms with E-state index in [0.29, 0.717) is 25.7 Å². The lowest BCUT2D eigenvalue weighted by atomic mass is 10.0. The maximum Gasteiger partial charge on any atom is 0.326 e. The third-order valence-electron chi connectivity index (χ3n) is 11.5. The van der Waals surface area contributed by atoms with Crippen molar-refractivity contribution in [3.8, 4) is 0 Å². The van der Waals surface area contributed by atoms with Gasteiger partial charge in [-0.2, -0.15) is 0 Å². The zero-order valence-corrected chi connectivity index (χ0v) is 40.7. The molecule has 1 aromatic carbocycles. The zero-order valence-electron chi connectivity index (χ0n) is 39.1. The Hall–Kier alpha value is -5.56. The molecule has 69 heavy (non-hydrogen) atoms. The molecule has 2 rings (SSSR count). The van der Waals surface area contributed by atoms with Crippen LogP contribution in [0.5, 0.6) is 0 Å². The Kier molecular flexibility index (Phi) is 27.9. The number of hydrogen-bond donors (Lipinski definition) is 8. The van der Waals surface area contributed by atoms with E-state index in [9.17, 15) is 78.6 Å². The highest BCUT2D eigenvalue weighted by Crippen LogP contribution is 2.17. The lowest BCUT2D eigenvalue weighted by Gasteiger charge is -2.35. The molecule has 24 heteroatoms. The van der Waals surface area contributed by atoms with Crippen molar-refractivity contribution in [1.82, 2.24) is 35.1 Å². The van der Waals surface area contributed by atoms with Crippen molar-refractivity contribution in [2.24, 2.45) is 0 Å². The molecule has 0 radical (unpaired) electrons. The van der Waals surface area contributed by atoms with Crippen LogP contribution in [0, 0.1) is 0 Å². The molecule has 1 heterocycles. The summed E-state index contributed by atoms with van der Waals surface area (Å²) in [7, 11) is 0. The first kappa shape index (κ1) is 59.6. The molecule has 1 aliphatic heterocycles. The number of unbranched alkanes of at least 4 members (excludes halogenated alkanes) is 3. The Morgan fingerprint density at radius 2 is 1.04 bits per heavy atom. The number of halogens is 1. The van der Waals surface area contributed by atoms with E-state index in [0.717, 1.165) is 10.0 Å². The van der Waals surface area contributed by atoms with Crippen LogP contribution in [0.25, 0.3) is 0 Å². The number of nitrogens with zero attached hydrogens (tertiary/aromatic N) is 5. The number of nitrogens with one attached hydrogen (secondary N) is 2. The second-order valence-electron chi connectivity index (χ2n) is 17.1. The quantitative estimate of drug-likeness (QED) is 0.0491. The van der Waals surface area contributed by atoms with Gasteiger partial charge in [-0.1, -0.05) is 34.5 Å². The molecule has 1 saturated heterocycles. The Morgan fingerprint density at radius 1 is 0.565 bits per heavy atom. The molecule has 0 bridgehead atoms. The van der Waals surface area contributed by atoms with Gasteiger partial charge >= 0.3 is 41.8 Å². The van der Waals surface area contributed by atoms with Gasteiger partial charge in [-0.3, -0.25) is 48.4 Å². The first-order valence-electron chi connectivity index (χ1n) is 23.0. The molecule has 0 spiro atoms. The van der Waals surface area contributed by atoms with Crippen LogP contribution in [-0.2, 0) is 49.7 Å². The third-order valence-corrected chi connectivity index (χ3v) is 12.0. The summed E-state index contributed by atoms with van der Waals surface area (Å²) in [5.74, 6) is -7.85. The van der Waals surface area contributed by atoms with E-state index in [1.165, 1.54) is 6.92 Å². The number of urea groups is 1. The first-order chi connectivity index (χ1) is 32.6. The van der Waals surface area contributed by atoms with Gasteiger partial charge in [-0.25, -0.2) is 14.4 Å². The van der Waals surface area contributed by atoms with Crippen molar-refractivity contribution in [2.75, 3.05) is 78.5 Å². The Bertz CT molecular complexity index is 1860. The molecular formula is C45H68BrN7O16. The molecule has 1 fully saturated rings. The van der Waals surface area contributed by atoms with Crippen LogP contribution in [0.3, 0.4) is 0 Å². The van der Waals surface area contributed by atoms with Gasteiger partial charge in [0.25, 0.3) is 0 Å². The third kappa shape index (κ3) is 26.1. The zero-order chi connectivity index (χ0) is 51.5. The van der Waals surface area contributed by atoms with Gasteiger partial charge in [0.2, 0.25) is 5.91 Å². The van der Waals surface area contributed by atoms with E-state index in [4.69, 9.17) is 0 Å². The smallest absolute Gasteiger partial charge is 0.326 e. The van der Waals surface area contributed by atoms with Crippen molar-refractivity contribution in [3.05, 3.63) is 34.3 Å². The highest BCUT2D eigenvalue weighted by Gasteiger charge is 2.29. The molecule has 23 nitrogen and oxygen atoms in total. The topological polar surface area (TPSA) is 332 Å². The second kappa shape index (κ2) is 32.3. The summed E-state index contributed by atoms with van der Waals surface area (Å²) < 4.78 is 0.846. The fraction of sp³-hybridized carbons (Fsp3) is 0.644. The summed E-state index contributed by atoms with van der Waals surface area (Å²) in [5.41, 5.74) is 0.851. The number of carboxylic acid groups (broad SMARTS) is 6. The van der Waals surface area contributed by atoms with E-state index < -0.39 is 60.0 Å². The van der Waals surface area contributed by atoms with Crippen LogP contribution < -0.4 is 10.6 Å². The van der Waals surface area contributed by atoms with Crippen LogP contribution in [0.1, 0.15) is 89.5 Å². The van der Waals surface area contributed by atoms with E-state index in [-0.39, 0.29) is 154 Å². The maximum absolute atomic E-state index is 13.5. The minimum atomic E-state index is -1.39. The second-order valence-corrected chi connectivity index (χ2v) is 18.0. The van der Waals surface area contributed by atoms with Gasteiger partial charge in [0.15, 0.2) is 0 Å². The molecule has 386 valence electrons. The summed E-state index contributed by atoms with van der Waals surface area (Å²) in [4.78, 5) is 129. The number of carbonyl (C=O) groups is 10. The predicted molar refractivity (Wildman–Crippen MR) is 250 cm³/mol. The lowest BCUT2D eigenvalue weighted by molar-refractivity contribution is -0.145. The summed E-state index contributed by atoms with van der Waals surface area (Å²) in [6, 6.07) is 2.50. The SMILES string of the molecule is CC(=O)CC[C@H](NC(=O)N[C@@H](CCCCN(Cc1ccc(Br)cc1)C(=O)CCCCCC(=O)CCC(C(=O)O)N1CCN(CC(=O)O)CCN(CC(=O)O)CCN(CC(=O)O)CC1)C(=O)O)C(=O)O. The highest BCUT2D eigenvalue weighted by molar-refractivity contribution is 9.10. The maximum atomic E-state index is 13.5. The number of amides is 3. The monoisotopic (exact) mass is 1040 g/mol. The van der Waals surface area contributed by atoms with Gasteiger partial charge in [0.1, 0.15) is 29.7 Å². The molecule has 1 aromatic rings. The van der Waals surface area contributed by atoms with Crippen molar-refractivity contribution in [1.29, 1.82) is 0 Å². The van der Waals surface area contributed by atoms with Gasteiger partial charge in [-0.05, 0) is 69.6 Å². The van der Waals surface area contributed by atoms with Crippen molar-refractivity contribution in [3.63, 3.8) is 0 Å². The molecule has 0 saturated carbocycles. The average Bonchev–Trinajstić information content (AvgIpc) is 3.25. The largest absolute Gasteiger partial charge is 0.480 e. The highest BCUT2D eigenvalue weighted by atomic mass is 79.9. The summed E-state index contributed by atoms with van der Waals surface area (Å²) >= 11 is 3.40. The summed E-state index contributed by atoms with van der Waals surface area (Å²) in [6.07, 6.45) is 2.00. The Morgan fingerprint density at radius 3 is 1.51 bits per heavy atom. The van der Waals surface area contributed by atoms with Crippen molar-refractivity contribution >= 4 is 75.3 Å². The van der Waals surface area contributed by atoms with Crippen molar-refractivity contribution in [2.45, 2.75) is 109 Å². The fourth-order valence-electron chi connectivity index (χ4n) is 7.70. The standard InChI is InChI=1S/C45H68BrN7O16/c1-31(54)10-16-36(43(65)66)48-45(69)47-35(42(63)64)8-5-6-18-53(27-32-11-13-33(46)14-12-32)38(56)9-4-2-3-7-34(55)15-17-37(44(67)68)52-25-23-50(29-40(59)60)21-19-49(28-39(57)58)20-22-51(24-26-52)30-41(61)62/h11-14,35-37H,2-10,15-30H2,1H3,(H,57,58)(H,59,60)(H,61,62)(H,63,64)(H,65,66)(H,67,68)(H2,47,48,69)/t35-,36-,37?/m0/s1. The van der Waals surface area contributed by atoms with Gasteiger partial charge in [-0.15, -0.1) is 0 Å². The van der Waals surface area contributed by atoms with Gasteiger partial charge < -0.3 is 51.0 Å². The van der Waals surface area contributed by atoms with Crippen LogP contribution in [0.4, 0.5) is 4.79 Å². The van der Waals surface area contributed by atoms with Gasteiger partial charge in [0, 0.05) is 95.6 Å². The molecule has 1 unspecified atom stereocenters. The molecule has 0 aliphatic carbocycles. The number of hydrogen-bond acceptors (Lipinski definition) is 14. The number of benzene rings is 1. The predicted octanol–water partition coefficient (Wildman–Crippen LogP) is 1.75. The molecule has 0 aromatic heterocycles. The van der Waals surface area contributed by atoms with Crippen LogP contribution >= 0.6 is 15.9 Å². The normalized spacial score (nSPS) is 15.9. The molecule has 8 N–H and O–H groups in total. The minimum absolute atomic E-state index is 0.0130. The number of Topliss-reactive ketones (excluding diaryl/α,β-unsaturated/α-hetero) is 2. The lowest BCUT2D eigenvalue weighted by Crippen LogP contribution is -2.51. The number of carboxylic acids is 6. The molecule has 1 aliphatic rings. The van der Waals surface area contributed by atoms with E-state index in [1.807, 2.05) is 24.3 Å². The number of aliphatic carboxylic acids is 6. The molecule has 3 amide bonds. The fourth-order valence-corrected chi connectivity index (χ4v) is 7.97. The number of ketones is 2. The first-order valence-corrected chi connectivity index (χ1v) is 23.8. The van der Waals surface area contributed by atoms with E-state index in [1.54, 1.807) is 24.5 Å². The summed E-state index contributed by atoms with van der Waals surface area (Å²) in [6.45, 7) is 1.87. The minimum Gasteiger partial charge on any atom is -0.480 e. The average molecular weight is 1040 g/mol. The Balaban J connectivity index is 1.99. The van der Waals surface area contributed by atoms with Crippen molar-refractivity contribution < 1.29 is 78.6 Å².